The number of ketones is 1. The lowest BCUT2D eigenvalue weighted by Gasteiger charge is -2.36. The lowest BCUT2D eigenvalue weighted by atomic mass is 9.73. The van der Waals surface area contributed by atoms with Crippen molar-refractivity contribution in [2.24, 2.45) is 4.99 Å². The van der Waals surface area contributed by atoms with Crippen LogP contribution in [-0.4, -0.2) is 114 Å². The van der Waals surface area contributed by atoms with Gasteiger partial charge in [0.15, 0.2) is 0 Å². The standard InChI is InChI=1S/C36H48N8O4S/c1-24(27-11-10-16-42(27)8)47-33-39-26(21-30(40-33)43-17-19-44(20-18-43)34(46)48-35(2,3)4)28(45)13-15-36(5)14-9-12-29-31(36)25(22-37)32(49-29)38-23-41(6)7/h21,23-24,27H,9-12,14,16-20H2,1-8H3/b38-23+/t24-,27-,36+/m0/s1. The topological polar surface area (TPSA) is 127 Å². The molecule has 0 spiro atoms. The van der Waals surface area contributed by atoms with Gasteiger partial charge < -0.3 is 24.2 Å². The van der Waals surface area contributed by atoms with E-state index in [1.165, 1.54) is 11.3 Å². The molecule has 4 heterocycles. The number of hydrogen-bond donors (Lipinski definition) is 0. The van der Waals surface area contributed by atoms with Gasteiger partial charge in [0.2, 0.25) is 0 Å². The van der Waals surface area contributed by atoms with Gasteiger partial charge in [-0.15, -0.1) is 11.3 Å². The van der Waals surface area contributed by atoms with Crippen molar-refractivity contribution in [2.45, 2.75) is 89.9 Å². The summed E-state index contributed by atoms with van der Waals surface area (Å²) in [5.41, 5.74) is 0.286. The number of Topliss-reactive ketones (excluding diaryl/α,β-unsaturated/α-hetero) is 1. The number of aliphatic imine (C=N–C) groups is 1. The zero-order valence-electron chi connectivity index (χ0n) is 30.0. The summed E-state index contributed by atoms with van der Waals surface area (Å²) in [6, 6.07) is 4.37. The van der Waals surface area contributed by atoms with E-state index in [2.05, 4.69) is 39.8 Å². The number of amides is 1. The number of ether oxygens (including phenoxy) is 2. The molecular weight excluding hydrogens is 641 g/mol. The molecule has 13 heteroatoms. The fourth-order valence-corrected chi connectivity index (χ4v) is 7.92. The Bertz CT molecular complexity index is 1690. The molecule has 0 bridgehead atoms. The third-order valence-corrected chi connectivity index (χ3v) is 10.3. The van der Waals surface area contributed by atoms with Gasteiger partial charge >= 0.3 is 12.1 Å². The van der Waals surface area contributed by atoms with E-state index >= 15 is 0 Å². The molecule has 2 aromatic heterocycles. The normalized spacial score (nSPS) is 21.8. The second kappa shape index (κ2) is 14.7. The summed E-state index contributed by atoms with van der Waals surface area (Å²) in [7, 11) is 5.86. The first-order valence-corrected chi connectivity index (χ1v) is 17.8. The first kappa shape index (κ1) is 36.1. The number of likely N-dealkylation sites (tertiary alicyclic amines) is 1. The van der Waals surface area contributed by atoms with Crippen LogP contribution in [0.4, 0.5) is 15.6 Å². The summed E-state index contributed by atoms with van der Waals surface area (Å²) in [5.74, 6) is 6.26. The Morgan fingerprint density at radius 3 is 2.55 bits per heavy atom. The first-order chi connectivity index (χ1) is 23.2. The number of aromatic nitrogens is 2. The highest BCUT2D eigenvalue weighted by molar-refractivity contribution is 7.16. The molecule has 49 heavy (non-hydrogen) atoms. The van der Waals surface area contributed by atoms with E-state index in [0.717, 1.165) is 49.1 Å². The maximum Gasteiger partial charge on any atom is 0.410 e. The van der Waals surface area contributed by atoms with Gasteiger partial charge in [-0.25, -0.2) is 9.79 Å². The predicted molar refractivity (Wildman–Crippen MR) is 191 cm³/mol. The van der Waals surface area contributed by atoms with Crippen LogP contribution in [0.3, 0.4) is 0 Å². The highest BCUT2D eigenvalue weighted by Gasteiger charge is 2.37. The Hall–Kier alpha value is -4.20. The van der Waals surface area contributed by atoms with E-state index in [1.54, 1.807) is 17.3 Å². The number of rotatable bonds is 7. The van der Waals surface area contributed by atoms with Crippen molar-refractivity contribution in [3.8, 4) is 23.9 Å². The van der Waals surface area contributed by atoms with Crippen molar-refractivity contribution in [1.82, 2.24) is 24.7 Å². The van der Waals surface area contributed by atoms with Crippen LogP contribution >= 0.6 is 11.3 Å². The Balaban J connectivity index is 1.43. The van der Waals surface area contributed by atoms with Crippen LogP contribution in [0.2, 0.25) is 0 Å². The zero-order chi connectivity index (χ0) is 35.5. The SMILES string of the molecule is C[C@H](Oc1nc(C(=O)C#C[C@@]2(C)CCCc3sc(/N=C/N(C)C)c(C#N)c32)cc(N2CCN(C(=O)OC(C)(C)C)CC2)n1)[C@@H]1CCCN1C. The van der Waals surface area contributed by atoms with Crippen LogP contribution in [0.25, 0.3) is 0 Å². The van der Waals surface area contributed by atoms with Gasteiger partial charge in [-0.1, -0.05) is 5.92 Å². The summed E-state index contributed by atoms with van der Waals surface area (Å²) in [5, 5.41) is 10.8. The van der Waals surface area contributed by atoms with Crippen molar-refractivity contribution in [3.05, 3.63) is 27.8 Å². The third kappa shape index (κ3) is 8.52. The molecule has 0 aromatic carbocycles. The minimum atomic E-state index is -0.689. The van der Waals surface area contributed by atoms with Crippen LogP contribution in [0, 0.1) is 23.2 Å². The fourth-order valence-electron chi connectivity index (χ4n) is 6.66. The molecule has 0 radical (unpaired) electrons. The van der Waals surface area contributed by atoms with Crippen molar-refractivity contribution >= 4 is 40.4 Å². The molecular formula is C36H48N8O4S. The van der Waals surface area contributed by atoms with Crippen molar-refractivity contribution in [3.63, 3.8) is 0 Å². The van der Waals surface area contributed by atoms with Gasteiger partial charge in [0, 0.05) is 62.8 Å². The summed E-state index contributed by atoms with van der Waals surface area (Å²) < 4.78 is 11.9. The number of fused-ring (bicyclic) bond motifs is 1. The maximum absolute atomic E-state index is 13.8. The average Bonchev–Trinajstić information content (AvgIpc) is 3.65. The summed E-state index contributed by atoms with van der Waals surface area (Å²) in [4.78, 5) is 49.3. The molecule has 1 aliphatic carbocycles. The fraction of sp³-hybridized carbons (Fsp3) is 0.611. The minimum Gasteiger partial charge on any atom is -0.459 e. The Labute approximate surface area is 294 Å². The van der Waals surface area contributed by atoms with Crippen molar-refractivity contribution < 1.29 is 19.1 Å². The second-order valence-electron chi connectivity index (χ2n) is 14.5. The van der Waals surface area contributed by atoms with Crippen LogP contribution < -0.4 is 9.64 Å². The number of thiophene rings is 1. The molecule has 2 aliphatic heterocycles. The number of aryl methyl sites for hydroxylation is 1. The summed E-state index contributed by atoms with van der Waals surface area (Å²) >= 11 is 1.52. The summed E-state index contributed by atoms with van der Waals surface area (Å²) in [6.45, 7) is 12.5. The average molecular weight is 689 g/mol. The quantitative estimate of drug-likeness (QED) is 0.129. The number of anilines is 1. The maximum atomic E-state index is 13.8. The second-order valence-corrected chi connectivity index (χ2v) is 15.6. The Kier molecular flexibility index (Phi) is 10.9. The molecule has 2 saturated heterocycles. The zero-order valence-corrected chi connectivity index (χ0v) is 30.8. The third-order valence-electron chi connectivity index (χ3n) is 9.15. The van der Waals surface area contributed by atoms with E-state index < -0.39 is 16.8 Å². The van der Waals surface area contributed by atoms with Crippen molar-refractivity contribution in [1.29, 1.82) is 5.26 Å². The Morgan fingerprint density at radius 1 is 1.18 bits per heavy atom. The monoisotopic (exact) mass is 688 g/mol. The van der Waals surface area contributed by atoms with Gasteiger partial charge in [0.1, 0.15) is 34.3 Å². The molecule has 1 amide bonds. The van der Waals surface area contributed by atoms with E-state index in [1.807, 2.05) is 58.5 Å². The molecule has 3 atom stereocenters. The lowest BCUT2D eigenvalue weighted by molar-refractivity contribution is 0.0240. The molecule has 3 aliphatic rings. The number of piperazine rings is 1. The number of carbonyl (C=O) groups excluding carboxylic acids is 2. The van der Waals surface area contributed by atoms with E-state index in [0.29, 0.717) is 42.6 Å². The Morgan fingerprint density at radius 2 is 1.92 bits per heavy atom. The van der Waals surface area contributed by atoms with Gasteiger partial charge in [0.05, 0.1) is 17.3 Å². The number of hydrogen-bond acceptors (Lipinski definition) is 11. The molecule has 0 N–H and O–H groups in total. The number of nitriles is 1. The summed E-state index contributed by atoms with van der Waals surface area (Å²) in [6.07, 6.45) is 5.74. The smallest absolute Gasteiger partial charge is 0.410 e. The number of nitrogens with zero attached hydrogens (tertiary/aromatic N) is 8. The van der Waals surface area contributed by atoms with Gasteiger partial charge in [-0.2, -0.15) is 15.2 Å². The minimum absolute atomic E-state index is 0.129. The molecule has 0 saturated carbocycles. The first-order valence-electron chi connectivity index (χ1n) is 17.0. The van der Waals surface area contributed by atoms with Gasteiger partial charge in [-0.3, -0.25) is 9.69 Å². The van der Waals surface area contributed by atoms with Crippen LogP contribution in [-0.2, 0) is 16.6 Å². The van der Waals surface area contributed by atoms with E-state index in [9.17, 15) is 14.9 Å². The molecule has 2 aromatic rings. The molecule has 0 unspecified atom stereocenters. The van der Waals surface area contributed by atoms with E-state index in [4.69, 9.17) is 14.5 Å². The van der Waals surface area contributed by atoms with Crippen molar-refractivity contribution in [2.75, 3.05) is 58.8 Å². The molecule has 12 nitrogen and oxygen atoms in total. The van der Waals surface area contributed by atoms with Crippen LogP contribution in [0.1, 0.15) is 86.8 Å². The van der Waals surface area contributed by atoms with Gasteiger partial charge in [0.25, 0.3) is 5.78 Å². The van der Waals surface area contributed by atoms with Crippen LogP contribution in [0.15, 0.2) is 11.1 Å². The van der Waals surface area contributed by atoms with E-state index in [-0.39, 0.29) is 29.9 Å². The lowest BCUT2D eigenvalue weighted by Crippen LogP contribution is -2.50. The number of likely N-dealkylation sites (N-methyl/N-ethyl adjacent to an activating group) is 1. The highest BCUT2D eigenvalue weighted by Crippen LogP contribution is 2.47. The van der Waals surface area contributed by atoms with Gasteiger partial charge in [-0.05, 0) is 86.2 Å². The molecule has 5 rings (SSSR count). The molecule has 262 valence electrons. The highest BCUT2D eigenvalue weighted by atomic mass is 32.1. The predicted octanol–water partition coefficient (Wildman–Crippen LogP) is 5.03. The van der Waals surface area contributed by atoms with Crippen LogP contribution in [0.5, 0.6) is 6.01 Å². The largest absolute Gasteiger partial charge is 0.459 e. The molecule has 2 fully saturated rings. The number of carbonyl (C=O) groups is 2.